The first-order chi connectivity index (χ1) is 8.75. The second-order valence-corrected chi connectivity index (χ2v) is 5.15. The van der Waals surface area contributed by atoms with Crippen LogP contribution >= 0.6 is 11.6 Å². The van der Waals surface area contributed by atoms with Gasteiger partial charge in [-0.3, -0.25) is 0 Å². The monoisotopic (exact) mass is 269 g/mol. The highest BCUT2D eigenvalue weighted by molar-refractivity contribution is 6.29. The number of fused-ring (bicyclic) bond motifs is 2. The van der Waals surface area contributed by atoms with Gasteiger partial charge in [-0.15, -0.1) is 0 Å². The Kier molecular flexibility index (Phi) is 3.28. The molecule has 2 aliphatic rings. The number of methoxy groups -OCH3 is 1. The minimum Gasteiger partial charge on any atom is -0.380 e. The van der Waals surface area contributed by atoms with E-state index in [0.717, 1.165) is 24.1 Å². The highest BCUT2D eigenvalue weighted by atomic mass is 35.5. The molecule has 1 spiro atoms. The van der Waals surface area contributed by atoms with Crippen molar-refractivity contribution >= 4 is 11.6 Å². The van der Waals surface area contributed by atoms with Gasteiger partial charge in [0.15, 0.2) is 0 Å². The zero-order valence-corrected chi connectivity index (χ0v) is 11.1. The summed E-state index contributed by atoms with van der Waals surface area (Å²) in [6, 6.07) is 1.89. The topological polar surface area (TPSA) is 40.6 Å². The van der Waals surface area contributed by atoms with Crippen molar-refractivity contribution in [3.63, 3.8) is 0 Å². The Labute approximate surface area is 111 Å². The largest absolute Gasteiger partial charge is 0.380 e. The molecule has 0 N–H and O–H groups in total. The van der Waals surface area contributed by atoms with Gasteiger partial charge in [-0.1, -0.05) is 11.6 Å². The molecule has 0 radical (unpaired) electrons. The highest BCUT2D eigenvalue weighted by Crippen LogP contribution is 2.40. The van der Waals surface area contributed by atoms with Crippen molar-refractivity contribution in [2.45, 2.75) is 25.0 Å². The summed E-state index contributed by atoms with van der Waals surface area (Å²) in [6.45, 7) is 2.55. The molecule has 1 atom stereocenters. The van der Waals surface area contributed by atoms with Gasteiger partial charge < -0.3 is 14.2 Å². The molecule has 0 amide bonds. The highest BCUT2D eigenvalue weighted by Gasteiger charge is 2.43. The van der Waals surface area contributed by atoms with E-state index in [0.29, 0.717) is 31.6 Å². The standard InChI is InChI=1S/C13H16ClNO3/c1-16-7-9-6-11(14)15-12-10(9)2-4-18-13(12)3-5-17-8-13/h6H,2-5,7-8H2,1H3. The zero-order chi connectivity index (χ0) is 12.6. The first kappa shape index (κ1) is 12.4. The van der Waals surface area contributed by atoms with Crippen molar-refractivity contribution < 1.29 is 14.2 Å². The first-order valence-electron chi connectivity index (χ1n) is 6.14. The summed E-state index contributed by atoms with van der Waals surface area (Å²) in [5.41, 5.74) is 2.90. The fourth-order valence-corrected chi connectivity index (χ4v) is 3.01. The van der Waals surface area contributed by atoms with E-state index >= 15 is 0 Å². The van der Waals surface area contributed by atoms with Gasteiger partial charge in [-0.2, -0.15) is 0 Å². The third-order valence-corrected chi connectivity index (χ3v) is 3.83. The Morgan fingerprint density at radius 2 is 2.39 bits per heavy atom. The molecule has 1 saturated heterocycles. The number of hydrogen-bond acceptors (Lipinski definition) is 4. The van der Waals surface area contributed by atoms with E-state index in [9.17, 15) is 0 Å². The number of pyridine rings is 1. The van der Waals surface area contributed by atoms with Crippen LogP contribution in [0, 0.1) is 0 Å². The van der Waals surface area contributed by atoms with E-state index in [4.69, 9.17) is 25.8 Å². The first-order valence-corrected chi connectivity index (χ1v) is 6.52. The van der Waals surface area contributed by atoms with E-state index in [-0.39, 0.29) is 5.60 Å². The average Bonchev–Trinajstić information content (AvgIpc) is 2.81. The molecule has 98 valence electrons. The summed E-state index contributed by atoms with van der Waals surface area (Å²) >= 11 is 6.12. The van der Waals surface area contributed by atoms with Crippen molar-refractivity contribution in [2.24, 2.45) is 0 Å². The molecule has 1 aromatic heterocycles. The van der Waals surface area contributed by atoms with Gasteiger partial charge in [0, 0.05) is 20.1 Å². The quantitative estimate of drug-likeness (QED) is 0.771. The van der Waals surface area contributed by atoms with Crippen LogP contribution in [-0.4, -0.2) is 31.9 Å². The Morgan fingerprint density at radius 3 is 3.11 bits per heavy atom. The summed E-state index contributed by atoms with van der Waals surface area (Å²) in [4.78, 5) is 4.50. The van der Waals surface area contributed by atoms with Gasteiger partial charge in [-0.25, -0.2) is 4.98 Å². The predicted octanol–water partition coefficient (Wildman–Crippen LogP) is 2.07. The Balaban J connectivity index is 2.11. The van der Waals surface area contributed by atoms with E-state index < -0.39 is 0 Å². The van der Waals surface area contributed by atoms with Gasteiger partial charge in [-0.05, 0) is 23.6 Å². The van der Waals surface area contributed by atoms with Crippen LogP contribution in [0.5, 0.6) is 0 Å². The van der Waals surface area contributed by atoms with Crippen molar-refractivity contribution in [1.82, 2.24) is 4.98 Å². The van der Waals surface area contributed by atoms with Gasteiger partial charge in [0.1, 0.15) is 10.8 Å². The van der Waals surface area contributed by atoms with Crippen molar-refractivity contribution in [2.75, 3.05) is 26.9 Å². The molecule has 1 fully saturated rings. The summed E-state index contributed by atoms with van der Waals surface area (Å²) < 4.78 is 16.7. The molecule has 4 nitrogen and oxygen atoms in total. The third-order valence-electron chi connectivity index (χ3n) is 3.63. The minimum atomic E-state index is -0.388. The van der Waals surface area contributed by atoms with Crippen LogP contribution in [-0.2, 0) is 32.8 Å². The summed E-state index contributed by atoms with van der Waals surface area (Å²) in [5, 5.41) is 0.498. The molecule has 1 unspecified atom stereocenters. The lowest BCUT2D eigenvalue weighted by Crippen LogP contribution is -2.37. The van der Waals surface area contributed by atoms with Crippen LogP contribution in [0.1, 0.15) is 23.2 Å². The van der Waals surface area contributed by atoms with Crippen LogP contribution < -0.4 is 0 Å². The maximum absolute atomic E-state index is 6.12. The Bertz CT molecular complexity index is 458. The van der Waals surface area contributed by atoms with E-state index in [1.165, 1.54) is 5.56 Å². The van der Waals surface area contributed by atoms with Crippen LogP contribution in [0.25, 0.3) is 0 Å². The molecule has 5 heteroatoms. The van der Waals surface area contributed by atoms with Crippen LogP contribution in [0.4, 0.5) is 0 Å². The van der Waals surface area contributed by atoms with Crippen LogP contribution in [0.15, 0.2) is 6.07 Å². The summed E-state index contributed by atoms with van der Waals surface area (Å²) in [7, 11) is 1.69. The number of rotatable bonds is 2. The molecular formula is C13H16ClNO3. The number of hydrogen-bond donors (Lipinski definition) is 0. The van der Waals surface area contributed by atoms with Crippen molar-refractivity contribution in [3.05, 3.63) is 28.0 Å². The van der Waals surface area contributed by atoms with E-state index in [1.54, 1.807) is 7.11 Å². The minimum absolute atomic E-state index is 0.388. The summed E-state index contributed by atoms with van der Waals surface area (Å²) in [5.74, 6) is 0. The molecule has 0 aliphatic carbocycles. The van der Waals surface area contributed by atoms with Gasteiger partial charge in [0.2, 0.25) is 0 Å². The molecule has 18 heavy (non-hydrogen) atoms. The van der Waals surface area contributed by atoms with E-state index in [1.807, 2.05) is 6.07 Å². The Morgan fingerprint density at radius 1 is 1.50 bits per heavy atom. The molecule has 1 aromatic rings. The smallest absolute Gasteiger partial charge is 0.136 e. The van der Waals surface area contributed by atoms with Crippen molar-refractivity contribution in [3.8, 4) is 0 Å². The summed E-state index contributed by atoms with van der Waals surface area (Å²) in [6.07, 6.45) is 1.71. The second-order valence-electron chi connectivity index (χ2n) is 4.76. The maximum Gasteiger partial charge on any atom is 0.136 e. The SMILES string of the molecule is COCc1cc(Cl)nc2c1CCOC21CCOC1. The number of nitrogens with zero attached hydrogens (tertiary/aromatic N) is 1. The zero-order valence-electron chi connectivity index (χ0n) is 10.4. The molecular weight excluding hydrogens is 254 g/mol. The number of aromatic nitrogens is 1. The van der Waals surface area contributed by atoms with Crippen LogP contribution in [0.2, 0.25) is 5.15 Å². The molecule has 2 aliphatic heterocycles. The van der Waals surface area contributed by atoms with Crippen LogP contribution in [0.3, 0.4) is 0 Å². The molecule has 0 bridgehead atoms. The lowest BCUT2D eigenvalue weighted by Gasteiger charge is -2.34. The number of ether oxygens (including phenoxy) is 3. The maximum atomic E-state index is 6.12. The van der Waals surface area contributed by atoms with Gasteiger partial charge >= 0.3 is 0 Å². The van der Waals surface area contributed by atoms with Gasteiger partial charge in [0.25, 0.3) is 0 Å². The number of halogens is 1. The molecule has 0 aromatic carbocycles. The molecule has 0 saturated carbocycles. The normalized spacial score (nSPS) is 26.6. The predicted molar refractivity (Wildman–Crippen MR) is 66.7 cm³/mol. The van der Waals surface area contributed by atoms with Gasteiger partial charge in [0.05, 0.1) is 25.5 Å². The lowest BCUT2D eigenvalue weighted by atomic mass is 9.88. The van der Waals surface area contributed by atoms with E-state index in [2.05, 4.69) is 4.98 Å². The molecule has 3 heterocycles. The Hall–Kier alpha value is -0.680. The van der Waals surface area contributed by atoms with Crippen molar-refractivity contribution in [1.29, 1.82) is 0 Å². The second kappa shape index (κ2) is 4.78. The lowest BCUT2D eigenvalue weighted by molar-refractivity contribution is -0.0669. The third kappa shape index (κ3) is 1.93. The average molecular weight is 270 g/mol. The fraction of sp³-hybridized carbons (Fsp3) is 0.615. The molecule has 3 rings (SSSR count). The fourth-order valence-electron chi connectivity index (χ4n) is 2.79.